The Balaban J connectivity index is 0.000000640. The molecule has 0 unspecified atom stereocenters. The number of benzene rings is 1. The molecule has 9 heavy (non-hydrogen) atoms. The van der Waals surface area contributed by atoms with Crippen LogP contribution in [0.4, 0.5) is 5.69 Å². The van der Waals surface area contributed by atoms with Crippen molar-refractivity contribution in [2.75, 3.05) is 0 Å². The fourth-order valence-electron chi connectivity index (χ4n) is 0.474. The molecule has 0 fully saturated rings. The second-order valence-electron chi connectivity index (χ2n) is 1.52. The topological polar surface area (TPSA) is 44.0 Å². The molecule has 0 atom stereocenters. The summed E-state index contributed by atoms with van der Waals surface area (Å²) in [6.45, 7) is 0. The van der Waals surface area contributed by atoms with Crippen LogP contribution in [0.15, 0.2) is 24.3 Å². The van der Waals surface area contributed by atoms with Gasteiger partial charge in [0.25, 0.3) is 0 Å². The van der Waals surface area contributed by atoms with Crippen molar-refractivity contribution in [2.24, 2.45) is 0 Å². The Morgan fingerprint density at radius 1 is 1.22 bits per heavy atom. The maximum atomic E-state index is 8.73. The van der Waals surface area contributed by atoms with Crippen molar-refractivity contribution in [3.05, 3.63) is 30.0 Å². The summed E-state index contributed by atoms with van der Waals surface area (Å²) in [4.78, 5) is 0. The third kappa shape index (κ3) is 2.02. The number of para-hydroxylation sites is 1. The molecule has 0 radical (unpaired) electrons. The fraction of sp³-hybridized carbons (Fsp3) is 0. The molecule has 0 aliphatic carbocycles. The molecule has 0 amide bonds. The first-order valence-electron chi connectivity index (χ1n) is 2.30. The molecule has 1 rings (SSSR count). The fourth-order valence-corrected chi connectivity index (χ4v) is 0.474. The summed E-state index contributed by atoms with van der Waals surface area (Å²) in [5, 5.41) is 8.73. The van der Waals surface area contributed by atoms with Gasteiger partial charge in [0.2, 0.25) is 0 Å². The number of phenols is 1. The predicted molar refractivity (Wildman–Crippen MR) is 32.1 cm³/mol. The molecule has 0 heterocycles. The van der Waals surface area contributed by atoms with Crippen LogP contribution in [0.5, 0.6) is 5.75 Å². The van der Waals surface area contributed by atoms with E-state index in [-0.39, 0.29) is 30.9 Å². The van der Waals surface area contributed by atoms with Gasteiger partial charge in [0, 0.05) is 19.5 Å². The van der Waals surface area contributed by atoms with Crippen LogP contribution >= 0.6 is 0 Å². The molecular weight excluding hydrogens is 167 g/mol. The van der Waals surface area contributed by atoms with E-state index in [1.165, 1.54) is 12.1 Å². The van der Waals surface area contributed by atoms with Crippen molar-refractivity contribution in [1.82, 2.24) is 0 Å². The first kappa shape index (κ1) is 8.44. The number of phenolic OH excluding ortho intramolecular Hbond substituents is 1. The number of hydrogen-bond acceptors (Lipinski definition) is 1. The van der Waals surface area contributed by atoms with Gasteiger partial charge in [-0.2, -0.15) is 0 Å². The largest absolute Gasteiger partial charge is 0.696 e. The molecule has 0 saturated heterocycles. The summed E-state index contributed by atoms with van der Waals surface area (Å²) in [5.41, 5.74) is 7.14. The molecule has 44 valence electrons. The second-order valence-corrected chi connectivity index (χ2v) is 1.52. The second kappa shape index (κ2) is 3.47. The summed E-state index contributed by atoms with van der Waals surface area (Å²) in [5.74, 6) is 0.0347. The zero-order chi connectivity index (χ0) is 5.98. The average Bonchev–Trinajstić information content (AvgIpc) is 1.77. The molecule has 0 aromatic heterocycles. The molecule has 2 nitrogen and oxygen atoms in total. The first-order valence-corrected chi connectivity index (χ1v) is 2.30. The van der Waals surface area contributed by atoms with Crippen molar-refractivity contribution >= 4 is 5.69 Å². The van der Waals surface area contributed by atoms with Gasteiger partial charge in [0.1, 0.15) is 5.75 Å². The average molecular weight is 174 g/mol. The zero-order valence-corrected chi connectivity index (χ0v) is 7.93. The van der Waals surface area contributed by atoms with Gasteiger partial charge in [0.05, 0.1) is 0 Å². The third-order valence-corrected chi connectivity index (χ3v) is 0.904. The van der Waals surface area contributed by atoms with Crippen LogP contribution in [0, 0.1) is 0 Å². The van der Waals surface area contributed by atoms with Crippen LogP contribution in [0.2, 0.25) is 0 Å². The molecule has 0 aliphatic rings. The third-order valence-electron chi connectivity index (χ3n) is 0.904. The molecule has 0 bridgehead atoms. The van der Waals surface area contributed by atoms with E-state index in [9.17, 15) is 0 Å². The van der Waals surface area contributed by atoms with E-state index in [0.29, 0.717) is 0 Å². The molecule has 3 heteroatoms. The quantitative estimate of drug-likeness (QED) is 0.474. The zero-order valence-electron chi connectivity index (χ0n) is 4.96. The van der Waals surface area contributed by atoms with Crippen LogP contribution in [-0.4, -0.2) is 5.11 Å². The predicted octanol–water partition coefficient (Wildman–Crippen LogP) is 2.07. The minimum Gasteiger partial charge on any atom is -0.696 e. The maximum absolute atomic E-state index is 8.73. The molecule has 1 aromatic carbocycles. The van der Waals surface area contributed by atoms with E-state index in [0.717, 1.165) is 0 Å². The monoisotopic (exact) mass is 172 g/mol. The molecular formula is C6H6NOZn-. The number of rotatable bonds is 0. The Bertz CT molecular complexity index is 169. The minimum absolute atomic E-state index is 0. The van der Waals surface area contributed by atoms with E-state index in [2.05, 4.69) is 0 Å². The van der Waals surface area contributed by atoms with Gasteiger partial charge in [-0.25, -0.2) is 0 Å². The Morgan fingerprint density at radius 3 is 2.11 bits per heavy atom. The van der Waals surface area contributed by atoms with Crippen LogP contribution in [0.3, 0.4) is 0 Å². The summed E-state index contributed by atoms with van der Waals surface area (Å²) in [6.07, 6.45) is 0. The normalized spacial score (nSPS) is 8.00. The number of hydrogen-bond donors (Lipinski definition) is 1. The number of aromatic hydroxyl groups is 1. The molecule has 0 saturated carbocycles. The summed E-state index contributed by atoms with van der Waals surface area (Å²) in [6, 6.07) is 6.42. The summed E-state index contributed by atoms with van der Waals surface area (Å²) in [7, 11) is 0. The van der Waals surface area contributed by atoms with Crippen LogP contribution < -0.4 is 0 Å². The van der Waals surface area contributed by atoms with Crippen LogP contribution in [-0.2, 0) is 19.5 Å². The molecule has 0 aliphatic heterocycles. The molecule has 1 aromatic rings. The Kier molecular flexibility index (Phi) is 3.25. The van der Waals surface area contributed by atoms with Gasteiger partial charge < -0.3 is 10.8 Å². The van der Waals surface area contributed by atoms with Gasteiger partial charge in [-0.05, 0) is 6.07 Å². The van der Waals surface area contributed by atoms with Gasteiger partial charge in [-0.3, -0.25) is 0 Å². The van der Waals surface area contributed by atoms with Gasteiger partial charge >= 0.3 is 0 Å². The van der Waals surface area contributed by atoms with E-state index in [1.54, 1.807) is 12.1 Å². The Labute approximate surface area is 66.4 Å². The summed E-state index contributed by atoms with van der Waals surface area (Å²) < 4.78 is 0. The smallest absolute Gasteiger partial charge is 0.100 e. The Hall–Kier alpha value is -0.557. The van der Waals surface area contributed by atoms with Crippen molar-refractivity contribution < 1.29 is 24.6 Å². The van der Waals surface area contributed by atoms with Crippen molar-refractivity contribution in [1.29, 1.82) is 0 Å². The minimum atomic E-state index is 0. The maximum Gasteiger partial charge on any atom is 0.100 e. The van der Waals surface area contributed by atoms with Crippen LogP contribution in [0.1, 0.15) is 0 Å². The van der Waals surface area contributed by atoms with Gasteiger partial charge in [-0.1, -0.05) is 23.9 Å². The summed E-state index contributed by atoms with van der Waals surface area (Å²) >= 11 is 0. The van der Waals surface area contributed by atoms with E-state index >= 15 is 0 Å². The van der Waals surface area contributed by atoms with Crippen molar-refractivity contribution in [3.8, 4) is 5.75 Å². The van der Waals surface area contributed by atoms with Gasteiger partial charge in [0.15, 0.2) is 0 Å². The van der Waals surface area contributed by atoms with Crippen molar-refractivity contribution in [3.63, 3.8) is 0 Å². The molecule has 0 spiro atoms. The number of nitrogens with one attached hydrogen (secondary N) is 1. The Morgan fingerprint density at radius 2 is 1.78 bits per heavy atom. The standard InChI is InChI=1S/C6H6NO.Zn/c7-5-3-1-2-4-6(5)8;/h1-4,7-8H;/q-1;. The van der Waals surface area contributed by atoms with Crippen molar-refractivity contribution in [2.45, 2.75) is 0 Å². The van der Waals surface area contributed by atoms with Crippen LogP contribution in [0.25, 0.3) is 5.73 Å². The SMILES string of the molecule is [NH-]c1ccccc1O.[Zn]. The molecule has 2 N–H and O–H groups in total. The van der Waals surface area contributed by atoms with E-state index in [4.69, 9.17) is 10.8 Å². The first-order chi connectivity index (χ1) is 3.80. The van der Waals surface area contributed by atoms with E-state index < -0.39 is 0 Å². The van der Waals surface area contributed by atoms with E-state index in [1.807, 2.05) is 0 Å². The van der Waals surface area contributed by atoms with Gasteiger partial charge in [-0.15, -0.1) is 0 Å².